The Labute approximate surface area is 333 Å². The number of Topliss-reactive ketones (excluding diaryl/α,β-unsaturated/α-hetero) is 2. The molecule has 318 valence electrons. The lowest BCUT2D eigenvalue weighted by molar-refractivity contribution is -0.302. The molecule has 2 bridgehead atoms. The van der Waals surface area contributed by atoms with E-state index in [0.29, 0.717) is 56.9 Å². The number of allylic oxidation sites excluding steroid dienone is 3. The van der Waals surface area contributed by atoms with Gasteiger partial charge in [0.1, 0.15) is 24.0 Å². The van der Waals surface area contributed by atoms with Gasteiger partial charge in [-0.05, 0) is 95.5 Å². The van der Waals surface area contributed by atoms with E-state index in [-0.39, 0.29) is 49.5 Å². The summed E-state index contributed by atoms with van der Waals surface area (Å²) in [5.74, 6) is -7.50. The van der Waals surface area contributed by atoms with Crippen LogP contribution in [0.4, 0.5) is 0 Å². The number of ketones is 2. The van der Waals surface area contributed by atoms with Crippen LogP contribution in [0.5, 0.6) is 0 Å². The average molecular weight is 792 g/mol. The van der Waals surface area contributed by atoms with Gasteiger partial charge in [-0.1, -0.05) is 45.4 Å². The highest BCUT2D eigenvalue weighted by Crippen LogP contribution is 2.39. The Bertz CT molecular complexity index is 1430. The molecule has 0 aromatic carbocycles. The van der Waals surface area contributed by atoms with Crippen molar-refractivity contribution < 1.29 is 58.2 Å². The maximum atomic E-state index is 14.3. The molecule has 14 atom stereocenters. The molecule has 3 fully saturated rings. The number of fused-ring (bicyclic) bond motifs is 3. The number of hydrogen-bond donors (Lipinski definition) is 3. The van der Waals surface area contributed by atoms with Crippen molar-refractivity contribution in [3.63, 3.8) is 0 Å². The molecule has 0 aromatic heterocycles. The van der Waals surface area contributed by atoms with E-state index < -0.39 is 83.9 Å². The number of aliphatic hydroxyl groups excluding tert-OH is 2. The molecule has 3 aliphatic heterocycles. The Morgan fingerprint density at radius 2 is 1.57 bits per heavy atom. The third-order valence-electron chi connectivity index (χ3n) is 12.9. The number of methoxy groups -OCH3 is 3. The quantitative estimate of drug-likeness (QED) is 0.196. The molecule has 4 rings (SSSR count). The minimum absolute atomic E-state index is 0.000914. The van der Waals surface area contributed by atoms with Gasteiger partial charge in [-0.15, -0.1) is 0 Å². The first-order valence-electron chi connectivity index (χ1n) is 20.8. The predicted octanol–water partition coefficient (Wildman–Crippen LogP) is 4.47. The van der Waals surface area contributed by atoms with E-state index in [2.05, 4.69) is 6.92 Å². The highest BCUT2D eigenvalue weighted by Gasteiger charge is 2.56. The number of esters is 1. The number of amides is 1. The van der Waals surface area contributed by atoms with Gasteiger partial charge in [0, 0.05) is 52.0 Å². The Morgan fingerprint density at radius 1 is 0.911 bits per heavy atom. The average Bonchev–Trinajstić information content (AvgIpc) is 3.18. The van der Waals surface area contributed by atoms with Crippen LogP contribution in [0, 0.1) is 29.6 Å². The SMILES string of the molecule is CCC1C=C(C)CC(C)CC(OC)C2OC(O)(C(=O)C(=O)N3CCCCC3C(=O)OC(C(C)=CC3CC[C@H](O)C(OC)C3)C(C)C(O)CC1=O)C(C)CC2OC. The van der Waals surface area contributed by atoms with Crippen LogP contribution in [0.1, 0.15) is 112 Å². The molecule has 1 aliphatic carbocycles. The lowest BCUT2D eigenvalue weighted by Crippen LogP contribution is -2.64. The third-order valence-corrected chi connectivity index (χ3v) is 12.9. The van der Waals surface area contributed by atoms with Gasteiger partial charge >= 0.3 is 5.97 Å². The largest absolute Gasteiger partial charge is 0.456 e. The monoisotopic (exact) mass is 791 g/mol. The molecule has 13 heteroatoms. The van der Waals surface area contributed by atoms with Crippen molar-refractivity contribution in [3.8, 4) is 0 Å². The minimum Gasteiger partial charge on any atom is -0.456 e. The molecule has 0 aromatic rings. The number of nitrogens with zero attached hydrogens (tertiary/aromatic N) is 1. The van der Waals surface area contributed by atoms with Gasteiger partial charge in [0.25, 0.3) is 11.7 Å². The van der Waals surface area contributed by atoms with Crippen molar-refractivity contribution >= 4 is 23.4 Å². The smallest absolute Gasteiger partial charge is 0.329 e. The lowest BCUT2D eigenvalue weighted by atomic mass is 9.81. The number of aliphatic hydroxyl groups is 3. The summed E-state index contributed by atoms with van der Waals surface area (Å²) in [5, 5.41) is 34.1. The van der Waals surface area contributed by atoms with Crippen molar-refractivity contribution in [1.29, 1.82) is 0 Å². The first kappa shape index (κ1) is 46.2. The molecule has 2 saturated heterocycles. The number of carbonyl (C=O) groups excluding carboxylic acids is 4. The van der Waals surface area contributed by atoms with Gasteiger partial charge in [0.05, 0.1) is 30.5 Å². The van der Waals surface area contributed by atoms with Crippen molar-refractivity contribution in [2.75, 3.05) is 27.9 Å². The van der Waals surface area contributed by atoms with Crippen LogP contribution in [0.2, 0.25) is 0 Å². The van der Waals surface area contributed by atoms with Crippen molar-refractivity contribution in [2.24, 2.45) is 29.6 Å². The molecule has 4 aliphatic rings. The fourth-order valence-corrected chi connectivity index (χ4v) is 9.39. The van der Waals surface area contributed by atoms with E-state index in [1.807, 2.05) is 32.9 Å². The maximum absolute atomic E-state index is 14.3. The second-order valence-electron chi connectivity index (χ2n) is 17.2. The highest BCUT2D eigenvalue weighted by atomic mass is 16.7. The van der Waals surface area contributed by atoms with Crippen molar-refractivity contribution in [3.05, 3.63) is 23.3 Å². The first-order chi connectivity index (χ1) is 26.5. The summed E-state index contributed by atoms with van der Waals surface area (Å²) in [4.78, 5) is 57.6. The van der Waals surface area contributed by atoms with Gasteiger partial charge in [0.15, 0.2) is 0 Å². The van der Waals surface area contributed by atoms with E-state index in [9.17, 15) is 34.5 Å². The number of carbonyl (C=O) groups is 4. The van der Waals surface area contributed by atoms with Gasteiger partial charge in [-0.2, -0.15) is 0 Å². The topological polar surface area (TPSA) is 178 Å². The molecule has 13 unspecified atom stereocenters. The van der Waals surface area contributed by atoms with Crippen molar-refractivity contribution in [2.45, 2.75) is 167 Å². The number of rotatable bonds is 6. The summed E-state index contributed by atoms with van der Waals surface area (Å²) in [7, 11) is 4.63. The Kier molecular flexibility index (Phi) is 16.9. The fraction of sp³-hybridized carbons (Fsp3) is 0.814. The van der Waals surface area contributed by atoms with Crippen LogP contribution >= 0.6 is 0 Å². The van der Waals surface area contributed by atoms with Crippen LogP contribution in [-0.2, 0) is 42.9 Å². The molecule has 0 spiro atoms. The lowest BCUT2D eigenvalue weighted by Gasteiger charge is -2.47. The van der Waals surface area contributed by atoms with Gasteiger partial charge in [-0.3, -0.25) is 14.4 Å². The standard InChI is InChI=1S/C43H69NO12/c1-10-30-18-24(2)17-25(3)19-36(53-8)39-37(54-9)21-27(5)43(51,56-39)40(48)41(49)44-16-12-11-13-31(44)42(50)55-38(28(6)33(46)23-34(30)47)26(4)20-29-14-15-32(45)35(22-29)52-7/h18,20,25,27-33,35-39,45-46,51H,10-17,19,21-23H2,1-9H3/t25?,27?,28?,29?,30?,31?,32-,33?,35?,36?,37?,38?,39?,43?/m0/s1. The molecule has 0 radical (unpaired) electrons. The zero-order valence-electron chi connectivity index (χ0n) is 35.1. The van der Waals surface area contributed by atoms with Gasteiger partial charge < -0.3 is 43.9 Å². The van der Waals surface area contributed by atoms with Gasteiger partial charge in [0.2, 0.25) is 5.79 Å². The number of cyclic esters (lactones) is 1. The van der Waals surface area contributed by atoms with Crippen LogP contribution < -0.4 is 0 Å². The summed E-state index contributed by atoms with van der Waals surface area (Å²) in [6, 6.07) is -1.13. The number of hydrogen-bond acceptors (Lipinski definition) is 12. The fourth-order valence-electron chi connectivity index (χ4n) is 9.39. The second kappa shape index (κ2) is 20.4. The van der Waals surface area contributed by atoms with E-state index in [1.165, 1.54) is 19.1 Å². The third kappa shape index (κ3) is 10.7. The zero-order chi connectivity index (χ0) is 41.5. The summed E-state index contributed by atoms with van der Waals surface area (Å²) in [5.41, 5.74) is 1.66. The predicted molar refractivity (Wildman–Crippen MR) is 208 cm³/mol. The minimum atomic E-state index is -2.50. The van der Waals surface area contributed by atoms with Crippen LogP contribution in [0.15, 0.2) is 23.3 Å². The molecular weight excluding hydrogens is 722 g/mol. The summed E-state index contributed by atoms with van der Waals surface area (Å²) >= 11 is 0. The molecular formula is C43H69NO12. The van der Waals surface area contributed by atoms with Gasteiger partial charge in [-0.25, -0.2) is 4.79 Å². The molecule has 56 heavy (non-hydrogen) atoms. The number of piperidine rings is 1. The van der Waals surface area contributed by atoms with E-state index in [0.717, 1.165) is 5.57 Å². The summed E-state index contributed by atoms with van der Waals surface area (Å²) in [6.07, 6.45) is 3.72. The summed E-state index contributed by atoms with van der Waals surface area (Å²) < 4.78 is 29.7. The van der Waals surface area contributed by atoms with E-state index in [4.69, 9.17) is 23.7 Å². The van der Waals surface area contributed by atoms with Crippen LogP contribution in [0.25, 0.3) is 0 Å². The highest BCUT2D eigenvalue weighted by molar-refractivity contribution is 6.39. The van der Waals surface area contributed by atoms with Crippen LogP contribution in [0.3, 0.4) is 0 Å². The second-order valence-corrected chi connectivity index (χ2v) is 17.2. The Morgan fingerprint density at radius 3 is 2.21 bits per heavy atom. The van der Waals surface area contributed by atoms with E-state index >= 15 is 0 Å². The molecule has 3 N–H and O–H groups in total. The Hall–Kier alpha value is -2.52. The molecule has 13 nitrogen and oxygen atoms in total. The molecule has 3 heterocycles. The molecule has 1 amide bonds. The van der Waals surface area contributed by atoms with Crippen molar-refractivity contribution in [1.82, 2.24) is 4.90 Å². The van der Waals surface area contributed by atoms with E-state index in [1.54, 1.807) is 21.0 Å². The van der Waals surface area contributed by atoms with Crippen LogP contribution in [-0.4, -0.2) is 126 Å². The first-order valence-corrected chi connectivity index (χ1v) is 20.8. The summed E-state index contributed by atoms with van der Waals surface area (Å²) in [6.45, 7) is 11.3. The zero-order valence-corrected chi connectivity index (χ0v) is 35.1. The normalized spacial score (nSPS) is 40.6. The maximum Gasteiger partial charge on any atom is 0.329 e. The Balaban J connectivity index is 1.76. The number of ether oxygens (including phenoxy) is 5. The molecule has 1 saturated carbocycles.